The average molecular weight is 316 g/mol. The predicted molar refractivity (Wildman–Crippen MR) is 71.5 cm³/mol. The first-order valence-electron chi connectivity index (χ1n) is 6.13. The van der Waals surface area contributed by atoms with Gasteiger partial charge in [0.1, 0.15) is 11.5 Å². The number of hydrogen-bond donors (Lipinski definition) is 1. The second-order valence-corrected chi connectivity index (χ2v) is 4.43. The molecule has 118 valence electrons. The number of aromatic nitrogens is 1. The van der Waals surface area contributed by atoms with Gasteiger partial charge in [0.05, 0.1) is 11.9 Å². The fraction of sp³-hybridized carbons (Fsp3) is 0.214. The van der Waals surface area contributed by atoms with Crippen LogP contribution in [-0.4, -0.2) is 17.5 Å². The molecule has 0 aliphatic heterocycles. The monoisotopic (exact) mass is 316 g/mol. The SMILES string of the molecule is Cc1cc(N)cnc1Oc1ccc(OC(F)(F)C(F)F)cc1. The van der Waals surface area contributed by atoms with Crippen molar-refractivity contribution < 1.29 is 27.0 Å². The summed E-state index contributed by atoms with van der Waals surface area (Å²) in [6.07, 6.45) is -7.05. The number of nitrogens with zero attached hydrogens (tertiary/aromatic N) is 1. The molecule has 1 aromatic heterocycles. The van der Waals surface area contributed by atoms with Crippen LogP contribution in [0.5, 0.6) is 17.4 Å². The molecule has 22 heavy (non-hydrogen) atoms. The van der Waals surface area contributed by atoms with Crippen LogP contribution < -0.4 is 15.2 Å². The van der Waals surface area contributed by atoms with Crippen LogP contribution in [0.2, 0.25) is 0 Å². The topological polar surface area (TPSA) is 57.4 Å². The van der Waals surface area contributed by atoms with Crippen LogP contribution in [0.25, 0.3) is 0 Å². The molecule has 0 unspecified atom stereocenters. The maximum absolute atomic E-state index is 12.7. The van der Waals surface area contributed by atoms with Crippen molar-refractivity contribution >= 4 is 5.69 Å². The van der Waals surface area contributed by atoms with Crippen molar-refractivity contribution in [1.82, 2.24) is 4.98 Å². The first-order chi connectivity index (χ1) is 10.3. The standard InChI is InChI=1S/C14H12F4N2O2/c1-8-6-9(19)7-20-12(8)21-10-2-4-11(5-3-10)22-14(17,18)13(15)16/h2-7,13H,19H2,1H3. The Labute approximate surface area is 123 Å². The van der Waals surface area contributed by atoms with Gasteiger partial charge in [-0.25, -0.2) is 4.98 Å². The lowest BCUT2D eigenvalue weighted by atomic mass is 10.3. The molecule has 1 heterocycles. The number of hydrogen-bond acceptors (Lipinski definition) is 4. The summed E-state index contributed by atoms with van der Waals surface area (Å²) in [7, 11) is 0. The van der Waals surface area contributed by atoms with Gasteiger partial charge in [0, 0.05) is 5.56 Å². The van der Waals surface area contributed by atoms with Gasteiger partial charge in [-0.15, -0.1) is 0 Å². The minimum atomic E-state index is -4.54. The second kappa shape index (κ2) is 6.08. The van der Waals surface area contributed by atoms with E-state index in [-0.39, 0.29) is 5.75 Å². The van der Waals surface area contributed by atoms with Crippen molar-refractivity contribution in [2.45, 2.75) is 19.5 Å². The van der Waals surface area contributed by atoms with Gasteiger partial charge in [0.15, 0.2) is 0 Å². The molecule has 0 bridgehead atoms. The number of anilines is 1. The van der Waals surface area contributed by atoms with Gasteiger partial charge >= 0.3 is 12.5 Å². The van der Waals surface area contributed by atoms with Crippen molar-refractivity contribution in [2.75, 3.05) is 5.73 Å². The van der Waals surface area contributed by atoms with E-state index >= 15 is 0 Å². The largest absolute Gasteiger partial charge is 0.461 e. The Morgan fingerprint density at radius 2 is 1.73 bits per heavy atom. The Morgan fingerprint density at radius 1 is 1.14 bits per heavy atom. The summed E-state index contributed by atoms with van der Waals surface area (Å²) in [5.41, 5.74) is 6.72. The van der Waals surface area contributed by atoms with Gasteiger partial charge in [0.25, 0.3) is 0 Å². The maximum Gasteiger partial charge on any atom is 0.461 e. The minimum absolute atomic E-state index is 0.285. The van der Waals surface area contributed by atoms with E-state index in [4.69, 9.17) is 10.5 Å². The molecular weight excluding hydrogens is 304 g/mol. The number of ether oxygens (including phenoxy) is 2. The molecule has 1 aromatic carbocycles. The number of rotatable bonds is 5. The number of nitrogens with two attached hydrogens (primary N) is 1. The highest BCUT2D eigenvalue weighted by Gasteiger charge is 2.43. The van der Waals surface area contributed by atoms with Gasteiger partial charge in [-0.05, 0) is 37.3 Å². The van der Waals surface area contributed by atoms with E-state index in [0.29, 0.717) is 17.1 Å². The predicted octanol–water partition coefficient (Wildman–Crippen LogP) is 4.00. The van der Waals surface area contributed by atoms with Gasteiger partial charge < -0.3 is 15.2 Å². The third-order valence-corrected chi connectivity index (χ3v) is 2.60. The molecule has 0 radical (unpaired) electrons. The summed E-state index contributed by atoms with van der Waals surface area (Å²) in [5, 5.41) is 0. The summed E-state index contributed by atoms with van der Waals surface area (Å²) in [6.45, 7) is 1.74. The van der Waals surface area contributed by atoms with Crippen molar-refractivity contribution in [3.63, 3.8) is 0 Å². The molecule has 0 aliphatic rings. The van der Waals surface area contributed by atoms with E-state index in [1.807, 2.05) is 0 Å². The van der Waals surface area contributed by atoms with E-state index in [1.54, 1.807) is 13.0 Å². The summed E-state index contributed by atoms with van der Waals surface area (Å²) in [4.78, 5) is 3.98. The van der Waals surface area contributed by atoms with Crippen LogP contribution in [0, 0.1) is 6.92 Å². The Morgan fingerprint density at radius 3 is 2.27 bits per heavy atom. The highest BCUT2D eigenvalue weighted by Crippen LogP contribution is 2.30. The van der Waals surface area contributed by atoms with E-state index in [9.17, 15) is 17.6 Å². The molecule has 2 rings (SSSR count). The van der Waals surface area contributed by atoms with Crippen molar-refractivity contribution in [3.8, 4) is 17.4 Å². The normalized spacial score (nSPS) is 11.5. The zero-order valence-corrected chi connectivity index (χ0v) is 11.4. The number of benzene rings is 1. The van der Waals surface area contributed by atoms with Crippen LogP contribution in [-0.2, 0) is 0 Å². The zero-order chi connectivity index (χ0) is 16.3. The van der Waals surface area contributed by atoms with Crippen LogP contribution in [0.15, 0.2) is 36.5 Å². The van der Waals surface area contributed by atoms with E-state index < -0.39 is 18.3 Å². The molecule has 2 N–H and O–H groups in total. The van der Waals surface area contributed by atoms with Gasteiger partial charge in [0.2, 0.25) is 5.88 Å². The second-order valence-electron chi connectivity index (χ2n) is 4.43. The van der Waals surface area contributed by atoms with Crippen molar-refractivity contribution in [2.24, 2.45) is 0 Å². The lowest BCUT2D eigenvalue weighted by Gasteiger charge is -2.16. The number of aryl methyl sites for hydroxylation is 1. The summed E-state index contributed by atoms with van der Waals surface area (Å²) >= 11 is 0. The van der Waals surface area contributed by atoms with Gasteiger partial charge in [-0.3, -0.25) is 0 Å². The van der Waals surface area contributed by atoms with E-state index in [2.05, 4.69) is 9.72 Å². The molecule has 0 fully saturated rings. The number of pyridine rings is 1. The van der Waals surface area contributed by atoms with E-state index in [0.717, 1.165) is 12.1 Å². The lowest BCUT2D eigenvalue weighted by molar-refractivity contribution is -0.253. The molecule has 4 nitrogen and oxygen atoms in total. The molecule has 0 saturated heterocycles. The first kappa shape index (κ1) is 15.9. The Bertz CT molecular complexity index is 648. The Kier molecular flexibility index (Phi) is 4.39. The molecule has 0 amide bonds. The third-order valence-electron chi connectivity index (χ3n) is 2.60. The smallest absolute Gasteiger partial charge is 0.439 e. The summed E-state index contributed by atoms with van der Waals surface area (Å²) in [5.74, 6) is 0.175. The molecule has 2 aromatic rings. The molecular formula is C14H12F4N2O2. The van der Waals surface area contributed by atoms with Crippen molar-refractivity contribution in [1.29, 1.82) is 0 Å². The molecule has 0 aliphatic carbocycles. The number of nitrogen functional groups attached to an aromatic ring is 1. The van der Waals surface area contributed by atoms with Gasteiger partial charge in [-0.2, -0.15) is 17.6 Å². The fourth-order valence-corrected chi connectivity index (χ4v) is 1.58. The maximum atomic E-state index is 12.7. The quantitative estimate of drug-likeness (QED) is 0.847. The number of halogens is 4. The van der Waals surface area contributed by atoms with E-state index in [1.165, 1.54) is 18.3 Å². The Balaban J connectivity index is 2.09. The molecule has 8 heteroatoms. The Hall–Kier alpha value is -2.51. The average Bonchev–Trinajstić information content (AvgIpc) is 2.43. The third kappa shape index (κ3) is 3.78. The minimum Gasteiger partial charge on any atom is -0.439 e. The summed E-state index contributed by atoms with van der Waals surface area (Å²) < 4.78 is 58.9. The summed E-state index contributed by atoms with van der Waals surface area (Å²) in [6, 6.07) is 6.45. The first-order valence-corrected chi connectivity index (χ1v) is 6.13. The molecule has 0 atom stereocenters. The van der Waals surface area contributed by atoms with Crippen LogP contribution in [0.1, 0.15) is 5.56 Å². The molecule has 0 saturated carbocycles. The number of alkyl halides is 4. The van der Waals surface area contributed by atoms with Gasteiger partial charge in [-0.1, -0.05) is 0 Å². The fourth-order valence-electron chi connectivity index (χ4n) is 1.58. The highest BCUT2D eigenvalue weighted by molar-refractivity contribution is 5.43. The van der Waals surface area contributed by atoms with Crippen LogP contribution in [0.3, 0.4) is 0 Å². The lowest BCUT2D eigenvalue weighted by Crippen LogP contribution is -2.33. The zero-order valence-electron chi connectivity index (χ0n) is 11.4. The van der Waals surface area contributed by atoms with Crippen LogP contribution in [0.4, 0.5) is 23.2 Å². The highest BCUT2D eigenvalue weighted by atomic mass is 19.3. The van der Waals surface area contributed by atoms with Crippen LogP contribution >= 0.6 is 0 Å². The van der Waals surface area contributed by atoms with Crippen molar-refractivity contribution in [3.05, 3.63) is 42.1 Å². The molecule has 0 spiro atoms.